The fourth-order valence-corrected chi connectivity index (χ4v) is 3.85. The maximum atomic E-state index is 12.7. The van der Waals surface area contributed by atoms with Crippen molar-refractivity contribution in [3.63, 3.8) is 0 Å². The highest BCUT2D eigenvalue weighted by atomic mass is 16.5. The van der Waals surface area contributed by atoms with Crippen LogP contribution in [0.2, 0.25) is 0 Å². The van der Waals surface area contributed by atoms with Crippen LogP contribution in [0.15, 0.2) is 48.8 Å². The summed E-state index contributed by atoms with van der Waals surface area (Å²) in [4.78, 5) is 21.3. The molecule has 0 fully saturated rings. The summed E-state index contributed by atoms with van der Waals surface area (Å²) >= 11 is 0. The summed E-state index contributed by atoms with van der Waals surface area (Å²) in [6, 6.07) is 15.2. The van der Waals surface area contributed by atoms with E-state index in [1.807, 2.05) is 38.1 Å². The summed E-state index contributed by atoms with van der Waals surface area (Å²) in [6.45, 7) is 6.71. The molecular weight excluding hydrogens is 476 g/mol. The highest BCUT2D eigenvalue weighted by molar-refractivity contribution is 5.89. The first-order valence-electron chi connectivity index (χ1n) is 13.2. The molecule has 0 N–H and O–H groups in total. The summed E-state index contributed by atoms with van der Waals surface area (Å²) in [5.41, 5.74) is 2.81. The molecule has 0 aliphatic carbocycles. The summed E-state index contributed by atoms with van der Waals surface area (Å²) in [5.74, 6) is -0.211. The lowest BCUT2D eigenvalue weighted by molar-refractivity contribution is 0.0727. The summed E-state index contributed by atoms with van der Waals surface area (Å²) < 4.78 is 11.1. The molecule has 7 nitrogen and oxygen atoms in total. The second-order valence-electron chi connectivity index (χ2n) is 9.40. The van der Waals surface area contributed by atoms with Gasteiger partial charge in [-0.25, -0.2) is 9.78 Å². The smallest absolute Gasteiger partial charge is 0.363 e. The third-order valence-corrected chi connectivity index (χ3v) is 6.46. The van der Waals surface area contributed by atoms with Gasteiger partial charge in [0, 0.05) is 5.56 Å². The number of aromatic nitrogens is 2. The van der Waals surface area contributed by atoms with Crippen molar-refractivity contribution in [2.75, 3.05) is 6.61 Å². The maximum absolute atomic E-state index is 12.7. The Kier molecular flexibility index (Phi) is 10.8. The molecule has 0 amide bonds. The van der Waals surface area contributed by atoms with Gasteiger partial charge in [-0.2, -0.15) is 10.5 Å². The lowest BCUT2D eigenvalue weighted by Crippen LogP contribution is -2.13. The number of nitrogens with zero attached hydrogens (tertiary/aromatic N) is 4. The number of hydrogen-bond donors (Lipinski definition) is 0. The van der Waals surface area contributed by atoms with Crippen LogP contribution in [0.5, 0.6) is 11.5 Å². The quantitative estimate of drug-likeness (QED) is 0.138. The van der Waals surface area contributed by atoms with Crippen molar-refractivity contribution in [1.82, 2.24) is 9.97 Å². The van der Waals surface area contributed by atoms with Crippen molar-refractivity contribution in [1.29, 1.82) is 10.5 Å². The zero-order valence-corrected chi connectivity index (χ0v) is 22.4. The van der Waals surface area contributed by atoms with E-state index in [4.69, 9.17) is 9.47 Å². The van der Waals surface area contributed by atoms with Gasteiger partial charge in [0.25, 0.3) is 0 Å². The number of rotatable bonds is 13. The topological polar surface area (TPSA) is 109 Å². The number of aryl methyl sites for hydroxylation is 1. The number of benzene rings is 2. The first kappa shape index (κ1) is 28.3. The second-order valence-corrected chi connectivity index (χ2v) is 9.40. The van der Waals surface area contributed by atoms with Gasteiger partial charge in [-0.05, 0) is 36.5 Å². The SMILES string of the molecule is CCCCCCCc1ccc(-c2cnc(C(=O)Oc3ccc(OC[C@@H](C)CC)c(C#N)c3C#N)cn2)cc1. The minimum Gasteiger partial charge on any atom is -0.492 e. The van der Waals surface area contributed by atoms with E-state index in [0.29, 0.717) is 18.2 Å². The van der Waals surface area contributed by atoms with Crippen molar-refractivity contribution < 1.29 is 14.3 Å². The second kappa shape index (κ2) is 14.5. The Balaban J connectivity index is 1.66. The standard InChI is InChI=1S/C31H34N4O3/c1-4-6-7-8-9-10-23-11-13-24(14-12-23)27-19-35-28(20-34-27)31(36)38-30-16-15-29(37-21-22(3)5-2)25(17-32)26(30)18-33/h11-16,19-20,22H,4-10,21H2,1-3H3/t22-/m0/s1. The van der Waals surface area contributed by atoms with Gasteiger partial charge in [0.05, 0.1) is 24.7 Å². The molecule has 1 heterocycles. The fraction of sp³-hybridized carbons (Fsp3) is 0.387. The van der Waals surface area contributed by atoms with Crippen molar-refractivity contribution in [3.05, 3.63) is 71.2 Å². The minimum atomic E-state index is -0.767. The monoisotopic (exact) mass is 510 g/mol. The van der Waals surface area contributed by atoms with E-state index in [1.165, 1.54) is 62.2 Å². The van der Waals surface area contributed by atoms with Gasteiger partial charge in [0.2, 0.25) is 0 Å². The van der Waals surface area contributed by atoms with Gasteiger partial charge in [-0.15, -0.1) is 0 Å². The average Bonchev–Trinajstić information content (AvgIpc) is 2.96. The Labute approximate surface area is 225 Å². The van der Waals surface area contributed by atoms with Gasteiger partial charge in [0.1, 0.15) is 29.0 Å². The van der Waals surface area contributed by atoms with Crippen molar-refractivity contribution in [3.8, 4) is 34.9 Å². The van der Waals surface area contributed by atoms with Gasteiger partial charge in [-0.3, -0.25) is 4.98 Å². The maximum Gasteiger partial charge on any atom is 0.363 e. The van der Waals surface area contributed by atoms with Crippen LogP contribution >= 0.6 is 0 Å². The summed E-state index contributed by atoms with van der Waals surface area (Å²) in [6.07, 6.45) is 11.1. The molecule has 196 valence electrons. The average molecular weight is 511 g/mol. The molecule has 3 rings (SSSR count). The van der Waals surface area contributed by atoms with Crippen LogP contribution in [0, 0.1) is 28.6 Å². The van der Waals surface area contributed by atoms with E-state index >= 15 is 0 Å². The largest absolute Gasteiger partial charge is 0.492 e. The predicted molar refractivity (Wildman–Crippen MR) is 146 cm³/mol. The van der Waals surface area contributed by atoms with Crippen LogP contribution in [0.25, 0.3) is 11.3 Å². The third-order valence-electron chi connectivity index (χ3n) is 6.46. The minimum absolute atomic E-state index is 0.00283. The number of nitriles is 2. The molecule has 1 aromatic heterocycles. The Bertz CT molecular complexity index is 1290. The molecule has 2 aromatic carbocycles. The molecule has 0 aliphatic heterocycles. The van der Waals surface area contributed by atoms with Crippen LogP contribution in [0.3, 0.4) is 0 Å². The van der Waals surface area contributed by atoms with Crippen molar-refractivity contribution in [2.45, 2.75) is 65.7 Å². The van der Waals surface area contributed by atoms with Crippen molar-refractivity contribution in [2.24, 2.45) is 5.92 Å². The highest BCUT2D eigenvalue weighted by Crippen LogP contribution is 2.30. The van der Waals surface area contributed by atoms with Crippen LogP contribution in [0.4, 0.5) is 0 Å². The van der Waals surface area contributed by atoms with Gasteiger partial charge in [-0.1, -0.05) is 77.1 Å². The first-order chi connectivity index (χ1) is 18.5. The molecule has 1 atom stereocenters. The lowest BCUT2D eigenvalue weighted by atomic mass is 10.0. The normalized spacial score (nSPS) is 11.3. The Morgan fingerprint density at radius 3 is 2.21 bits per heavy atom. The highest BCUT2D eigenvalue weighted by Gasteiger charge is 2.20. The van der Waals surface area contributed by atoms with E-state index in [1.54, 1.807) is 0 Å². The predicted octanol–water partition coefficient (Wildman–Crippen LogP) is 7.04. The number of esters is 1. The molecule has 0 bridgehead atoms. The van der Waals surface area contributed by atoms with Crippen LogP contribution in [0.1, 0.15) is 86.5 Å². The molecule has 0 unspecified atom stereocenters. The van der Waals surface area contributed by atoms with Crippen molar-refractivity contribution >= 4 is 5.97 Å². The van der Waals surface area contributed by atoms with E-state index in [2.05, 4.69) is 29.0 Å². The molecule has 0 aliphatic rings. The van der Waals surface area contributed by atoms with E-state index < -0.39 is 5.97 Å². The molecule has 0 spiro atoms. The summed E-state index contributed by atoms with van der Waals surface area (Å²) in [7, 11) is 0. The first-order valence-corrected chi connectivity index (χ1v) is 13.2. The molecule has 3 aromatic rings. The lowest BCUT2D eigenvalue weighted by Gasteiger charge is -2.14. The molecule has 7 heteroatoms. The number of carbonyl (C=O) groups excluding carboxylic acids is 1. The number of ether oxygens (including phenoxy) is 2. The zero-order valence-electron chi connectivity index (χ0n) is 22.4. The van der Waals surface area contributed by atoms with Crippen LogP contribution in [-0.2, 0) is 6.42 Å². The fourth-order valence-electron chi connectivity index (χ4n) is 3.85. The Morgan fingerprint density at radius 2 is 1.58 bits per heavy atom. The van der Waals surface area contributed by atoms with Crippen LogP contribution in [-0.4, -0.2) is 22.5 Å². The van der Waals surface area contributed by atoms with Gasteiger partial charge < -0.3 is 9.47 Å². The number of carbonyl (C=O) groups is 1. The number of hydrogen-bond acceptors (Lipinski definition) is 7. The number of unbranched alkanes of at least 4 members (excludes halogenated alkanes) is 4. The van der Waals surface area contributed by atoms with E-state index in [9.17, 15) is 15.3 Å². The summed E-state index contributed by atoms with van der Waals surface area (Å²) in [5, 5.41) is 19.3. The third kappa shape index (κ3) is 7.63. The van der Waals surface area contributed by atoms with E-state index in [-0.39, 0.29) is 28.3 Å². The van der Waals surface area contributed by atoms with Gasteiger partial charge in [0.15, 0.2) is 11.4 Å². The molecule has 38 heavy (non-hydrogen) atoms. The Hall–Kier alpha value is -4.23. The van der Waals surface area contributed by atoms with Crippen LogP contribution < -0.4 is 9.47 Å². The molecular formula is C31H34N4O3. The van der Waals surface area contributed by atoms with Gasteiger partial charge >= 0.3 is 5.97 Å². The Morgan fingerprint density at radius 1 is 0.895 bits per heavy atom. The van der Waals surface area contributed by atoms with E-state index in [0.717, 1.165) is 18.4 Å². The zero-order chi connectivity index (χ0) is 27.3. The molecule has 0 saturated carbocycles. The molecule has 0 saturated heterocycles. The molecule has 0 radical (unpaired) electrons.